The average Bonchev–Trinajstić information content (AvgIpc) is 2.72. The summed E-state index contributed by atoms with van der Waals surface area (Å²) < 4.78 is 0. The maximum atomic E-state index is 13.2. The largest absolute Gasteiger partial charge is 0.332 e. The highest BCUT2D eigenvalue weighted by Crippen LogP contribution is 2.18. The summed E-state index contributed by atoms with van der Waals surface area (Å²) in [6.45, 7) is 16.6. The van der Waals surface area contributed by atoms with Crippen molar-refractivity contribution < 1.29 is 9.59 Å². The molecule has 0 fully saturated rings. The van der Waals surface area contributed by atoms with E-state index in [0.717, 1.165) is 25.7 Å². The Morgan fingerprint density at radius 1 is 0.714 bits per heavy atom. The van der Waals surface area contributed by atoms with Crippen LogP contribution in [0.2, 0.25) is 0 Å². The number of carbonyl (C=O) groups is 2. The Bertz CT molecular complexity index is 575. The van der Waals surface area contributed by atoms with Gasteiger partial charge in [0.2, 0.25) is 0 Å². The van der Waals surface area contributed by atoms with E-state index in [1.165, 1.54) is 0 Å². The topological polar surface area (TPSA) is 53.5 Å². The molecule has 4 unspecified atom stereocenters. The summed E-state index contributed by atoms with van der Waals surface area (Å²) >= 11 is 0. The Morgan fingerprint density at radius 2 is 1.00 bits per heavy atom. The molecule has 4 atom stereocenters. The molecule has 0 aliphatic rings. The number of rotatable bonds is 10. The molecule has 0 aromatic carbocycles. The van der Waals surface area contributed by atoms with Crippen molar-refractivity contribution in [2.24, 2.45) is 0 Å². The molecule has 1 rings (SSSR count). The zero-order chi connectivity index (χ0) is 21.4. The van der Waals surface area contributed by atoms with Crippen LogP contribution in [0.15, 0.2) is 18.2 Å². The number of nitrogens with zero attached hydrogens (tertiary/aromatic N) is 3. The first-order valence-corrected chi connectivity index (χ1v) is 10.9. The minimum atomic E-state index is -0.100. The molecule has 1 aromatic heterocycles. The third-order valence-electron chi connectivity index (χ3n) is 5.92. The molecular weight excluding hydrogens is 350 g/mol. The minimum absolute atomic E-state index is 0.100. The van der Waals surface area contributed by atoms with Crippen LogP contribution in [-0.4, -0.2) is 50.8 Å². The van der Waals surface area contributed by atoms with E-state index in [2.05, 4.69) is 60.4 Å². The molecular formula is C23H39N3O2. The molecule has 0 bridgehead atoms. The normalized spacial score (nSPS) is 15.4. The van der Waals surface area contributed by atoms with Crippen molar-refractivity contribution in [2.45, 2.75) is 105 Å². The van der Waals surface area contributed by atoms with Crippen molar-refractivity contribution in [1.82, 2.24) is 14.8 Å². The minimum Gasteiger partial charge on any atom is -0.332 e. The molecule has 0 radical (unpaired) electrons. The fourth-order valence-electron chi connectivity index (χ4n) is 3.39. The van der Waals surface area contributed by atoms with E-state index < -0.39 is 0 Å². The quantitative estimate of drug-likeness (QED) is 0.555. The molecule has 1 aromatic rings. The van der Waals surface area contributed by atoms with Gasteiger partial charge in [-0.25, -0.2) is 4.98 Å². The highest BCUT2D eigenvalue weighted by atomic mass is 16.2. The summed E-state index contributed by atoms with van der Waals surface area (Å²) in [6, 6.07) is 5.70. The van der Waals surface area contributed by atoms with E-state index in [9.17, 15) is 9.59 Å². The first-order chi connectivity index (χ1) is 13.2. The number of hydrogen-bond acceptors (Lipinski definition) is 3. The van der Waals surface area contributed by atoms with E-state index in [4.69, 9.17) is 0 Å². The molecule has 5 heteroatoms. The summed E-state index contributed by atoms with van der Waals surface area (Å²) in [5.41, 5.74) is 0.694. The third-order valence-corrected chi connectivity index (χ3v) is 5.92. The van der Waals surface area contributed by atoms with Gasteiger partial charge in [-0.1, -0.05) is 33.8 Å². The molecule has 28 heavy (non-hydrogen) atoms. The van der Waals surface area contributed by atoms with Gasteiger partial charge in [0.15, 0.2) is 0 Å². The zero-order valence-corrected chi connectivity index (χ0v) is 19.0. The second-order valence-corrected chi connectivity index (χ2v) is 7.86. The fraction of sp³-hybridized carbons (Fsp3) is 0.696. The summed E-state index contributed by atoms with van der Waals surface area (Å²) in [6.07, 6.45) is 3.52. The van der Waals surface area contributed by atoms with Gasteiger partial charge in [-0.05, 0) is 65.5 Å². The maximum absolute atomic E-state index is 13.2. The number of pyridine rings is 1. The summed E-state index contributed by atoms with van der Waals surface area (Å²) in [7, 11) is 0. The molecule has 0 N–H and O–H groups in total. The molecule has 1 heterocycles. The number of amides is 2. The summed E-state index contributed by atoms with van der Waals surface area (Å²) in [5.74, 6) is -0.200. The molecule has 0 spiro atoms. The molecule has 0 saturated carbocycles. The third kappa shape index (κ3) is 5.55. The van der Waals surface area contributed by atoms with E-state index >= 15 is 0 Å². The van der Waals surface area contributed by atoms with Crippen LogP contribution in [0.4, 0.5) is 0 Å². The maximum Gasteiger partial charge on any atom is 0.272 e. The van der Waals surface area contributed by atoms with Crippen LogP contribution in [0.1, 0.15) is 102 Å². The smallest absolute Gasteiger partial charge is 0.272 e. The lowest BCUT2D eigenvalue weighted by Gasteiger charge is -2.34. The summed E-state index contributed by atoms with van der Waals surface area (Å²) in [5, 5.41) is 0. The molecule has 0 aliphatic carbocycles. The van der Waals surface area contributed by atoms with Crippen molar-refractivity contribution in [3.8, 4) is 0 Å². The van der Waals surface area contributed by atoms with E-state index in [1.54, 1.807) is 18.2 Å². The fourth-order valence-corrected chi connectivity index (χ4v) is 3.39. The number of hydrogen-bond donors (Lipinski definition) is 0. The van der Waals surface area contributed by atoms with Crippen molar-refractivity contribution in [3.63, 3.8) is 0 Å². The predicted octanol–water partition coefficient (Wildman–Crippen LogP) is 5.16. The molecule has 0 saturated heterocycles. The van der Waals surface area contributed by atoms with Crippen molar-refractivity contribution in [1.29, 1.82) is 0 Å². The van der Waals surface area contributed by atoms with Gasteiger partial charge in [-0.2, -0.15) is 0 Å². The van der Waals surface area contributed by atoms with E-state index in [0.29, 0.717) is 11.4 Å². The standard InChI is InChI=1S/C23H39N3O2/c1-9-16(5)25(17(6)10-2)22(27)20-14-13-15-21(24-20)23(28)26(18(7)11-3)19(8)12-4/h13-19H,9-12H2,1-8H3. The lowest BCUT2D eigenvalue weighted by molar-refractivity contribution is 0.0584. The Labute approximate surface area is 171 Å². The molecule has 5 nitrogen and oxygen atoms in total. The summed E-state index contributed by atoms with van der Waals surface area (Å²) in [4.78, 5) is 34.7. The first-order valence-electron chi connectivity index (χ1n) is 10.9. The number of carbonyl (C=O) groups excluding carboxylic acids is 2. The van der Waals surface area contributed by atoms with Crippen molar-refractivity contribution >= 4 is 11.8 Å². The van der Waals surface area contributed by atoms with Crippen LogP contribution in [0, 0.1) is 0 Å². The van der Waals surface area contributed by atoms with Crippen LogP contribution < -0.4 is 0 Å². The first kappa shape index (κ1) is 24.1. The van der Waals surface area contributed by atoms with Gasteiger partial charge in [0.25, 0.3) is 11.8 Å². The molecule has 0 aliphatic heterocycles. The monoisotopic (exact) mass is 389 g/mol. The Morgan fingerprint density at radius 3 is 1.25 bits per heavy atom. The van der Waals surface area contributed by atoms with E-state index in [-0.39, 0.29) is 36.0 Å². The van der Waals surface area contributed by atoms with Gasteiger partial charge in [-0.3, -0.25) is 9.59 Å². The van der Waals surface area contributed by atoms with Crippen LogP contribution >= 0.6 is 0 Å². The second kappa shape index (κ2) is 11.2. The Kier molecular flexibility index (Phi) is 9.63. The van der Waals surface area contributed by atoms with Crippen LogP contribution in [0.5, 0.6) is 0 Å². The highest BCUT2D eigenvalue weighted by molar-refractivity contribution is 5.96. The van der Waals surface area contributed by atoms with E-state index in [1.807, 2.05) is 9.80 Å². The highest BCUT2D eigenvalue weighted by Gasteiger charge is 2.28. The van der Waals surface area contributed by atoms with Crippen molar-refractivity contribution in [2.75, 3.05) is 0 Å². The Balaban J connectivity index is 3.25. The van der Waals surface area contributed by atoms with Gasteiger partial charge in [0, 0.05) is 24.2 Å². The molecule has 158 valence electrons. The van der Waals surface area contributed by atoms with Gasteiger partial charge in [0.05, 0.1) is 0 Å². The van der Waals surface area contributed by atoms with Crippen molar-refractivity contribution in [3.05, 3.63) is 29.6 Å². The zero-order valence-electron chi connectivity index (χ0n) is 19.0. The van der Waals surface area contributed by atoms with Crippen LogP contribution in [-0.2, 0) is 0 Å². The SMILES string of the molecule is CCC(C)N(C(=O)c1cccc(C(=O)N(C(C)CC)C(C)CC)n1)C(C)CC. The average molecular weight is 390 g/mol. The number of aromatic nitrogens is 1. The van der Waals surface area contributed by atoms with Gasteiger partial charge >= 0.3 is 0 Å². The van der Waals surface area contributed by atoms with Gasteiger partial charge < -0.3 is 9.80 Å². The van der Waals surface area contributed by atoms with Crippen LogP contribution in [0.3, 0.4) is 0 Å². The molecule has 2 amide bonds. The van der Waals surface area contributed by atoms with Gasteiger partial charge in [0.1, 0.15) is 11.4 Å². The van der Waals surface area contributed by atoms with Crippen LogP contribution in [0.25, 0.3) is 0 Å². The lowest BCUT2D eigenvalue weighted by Crippen LogP contribution is -2.46. The second-order valence-electron chi connectivity index (χ2n) is 7.86. The lowest BCUT2D eigenvalue weighted by atomic mass is 10.1. The Hall–Kier alpha value is -1.91. The predicted molar refractivity (Wildman–Crippen MR) is 116 cm³/mol. The van der Waals surface area contributed by atoms with Gasteiger partial charge in [-0.15, -0.1) is 0 Å².